The molecule has 4 atom stereocenters. The molecule has 1 aromatic carbocycles. The largest absolute Gasteiger partial charge is 0.467 e. The Kier molecular flexibility index (Phi) is 8.18. The maximum Gasteiger partial charge on any atom is 0.410 e. The van der Waals surface area contributed by atoms with Gasteiger partial charge in [-0.3, -0.25) is 14.7 Å². The van der Waals surface area contributed by atoms with E-state index in [-0.39, 0.29) is 18.4 Å². The van der Waals surface area contributed by atoms with Gasteiger partial charge in [-0.2, -0.15) is 0 Å². The Morgan fingerprint density at radius 2 is 1.90 bits per heavy atom. The first kappa shape index (κ1) is 29.4. The second-order valence-corrected chi connectivity index (χ2v) is 11.8. The summed E-state index contributed by atoms with van der Waals surface area (Å²) in [4.78, 5) is 41.9. The van der Waals surface area contributed by atoms with Crippen LogP contribution in [0.3, 0.4) is 0 Å². The fraction of sp³-hybridized carbons (Fsp3) is 0.500. The number of amides is 1. The number of nitrogens with zero attached hydrogens (tertiary/aromatic N) is 6. The van der Waals surface area contributed by atoms with Crippen LogP contribution in [0.25, 0.3) is 22.5 Å². The van der Waals surface area contributed by atoms with Crippen molar-refractivity contribution in [2.45, 2.75) is 69.9 Å². The first-order chi connectivity index (χ1) is 20.0. The minimum atomic E-state index is -1.26. The van der Waals surface area contributed by atoms with E-state index in [1.807, 2.05) is 44.9 Å². The molecule has 0 N–H and O–H groups in total. The van der Waals surface area contributed by atoms with E-state index in [4.69, 9.17) is 14.2 Å². The first-order valence-corrected chi connectivity index (χ1v) is 14.0. The lowest BCUT2D eigenvalue weighted by Gasteiger charge is -2.44. The van der Waals surface area contributed by atoms with Crippen LogP contribution in [0.15, 0.2) is 47.8 Å². The second kappa shape index (κ2) is 11.7. The minimum Gasteiger partial charge on any atom is -0.467 e. The number of hydrogen-bond donors (Lipinski definition) is 0. The number of ether oxygens (including phenoxy) is 3. The van der Waals surface area contributed by atoms with Gasteiger partial charge in [0.25, 0.3) is 5.56 Å². The quantitative estimate of drug-likeness (QED) is 0.380. The summed E-state index contributed by atoms with van der Waals surface area (Å²) in [6.07, 6.45) is 4.81. The summed E-state index contributed by atoms with van der Waals surface area (Å²) in [6, 6.07) is 5.83. The molecule has 0 radical (unpaired) electrons. The molecule has 0 spiro atoms. The number of rotatable bonds is 7. The van der Waals surface area contributed by atoms with Crippen LogP contribution in [0.2, 0.25) is 0 Å². The summed E-state index contributed by atoms with van der Waals surface area (Å²) < 4.78 is 33.8. The number of hydrogen-bond acceptors (Lipinski definition) is 9. The summed E-state index contributed by atoms with van der Waals surface area (Å²) in [5, 5.41) is 0. The van der Waals surface area contributed by atoms with Gasteiger partial charge in [0.05, 0.1) is 42.2 Å². The van der Waals surface area contributed by atoms with Gasteiger partial charge in [-0.05, 0) is 52.2 Å². The Hall–Kier alpha value is -4.06. The molecular weight excluding hydrogens is 543 g/mol. The Bertz CT molecular complexity index is 1490. The molecule has 2 saturated heterocycles. The lowest BCUT2D eigenvalue weighted by atomic mass is 9.94. The zero-order chi connectivity index (χ0) is 30.2. The van der Waals surface area contributed by atoms with Crippen LogP contribution in [-0.2, 0) is 16.5 Å². The Labute approximate surface area is 244 Å². The average Bonchev–Trinajstić information content (AvgIpc) is 3.31. The number of halogens is 1. The highest BCUT2D eigenvalue weighted by Gasteiger charge is 2.52. The van der Waals surface area contributed by atoms with E-state index in [1.54, 1.807) is 30.4 Å². The molecule has 12 heteroatoms. The molecule has 2 aliphatic rings. The molecule has 2 aliphatic heterocycles. The van der Waals surface area contributed by atoms with Crippen molar-refractivity contribution in [2.75, 3.05) is 25.9 Å². The van der Waals surface area contributed by atoms with Crippen LogP contribution in [-0.4, -0.2) is 81.4 Å². The number of benzene rings is 1. The van der Waals surface area contributed by atoms with Crippen molar-refractivity contribution >= 4 is 11.9 Å². The molecule has 2 bridgehead atoms. The summed E-state index contributed by atoms with van der Waals surface area (Å²) in [5.74, 6) is 1.01. The van der Waals surface area contributed by atoms with Crippen LogP contribution < -0.4 is 15.2 Å². The first-order valence-electron chi connectivity index (χ1n) is 14.0. The van der Waals surface area contributed by atoms with Gasteiger partial charge in [-0.25, -0.2) is 19.2 Å². The molecule has 11 nitrogen and oxygen atoms in total. The minimum absolute atomic E-state index is 0.0108. The molecule has 3 aromatic rings. The highest BCUT2D eigenvalue weighted by Crippen LogP contribution is 2.41. The molecular formula is C30H37FN6O5. The van der Waals surface area contributed by atoms with Gasteiger partial charge in [0.1, 0.15) is 23.3 Å². The van der Waals surface area contributed by atoms with Crippen LogP contribution in [0.5, 0.6) is 5.75 Å². The van der Waals surface area contributed by atoms with Crippen molar-refractivity contribution < 1.29 is 23.4 Å². The number of alkyl halides is 1. The van der Waals surface area contributed by atoms with Crippen molar-refractivity contribution in [1.29, 1.82) is 0 Å². The van der Waals surface area contributed by atoms with Gasteiger partial charge in [0.2, 0.25) is 0 Å². The molecule has 4 heterocycles. The molecule has 0 aliphatic carbocycles. The van der Waals surface area contributed by atoms with Gasteiger partial charge >= 0.3 is 6.09 Å². The summed E-state index contributed by atoms with van der Waals surface area (Å²) in [5.41, 5.74) is 1.63. The van der Waals surface area contributed by atoms with E-state index in [0.29, 0.717) is 46.9 Å². The number of piperidine rings is 1. The van der Waals surface area contributed by atoms with E-state index in [1.165, 1.54) is 24.1 Å². The van der Waals surface area contributed by atoms with Crippen molar-refractivity contribution in [3.63, 3.8) is 0 Å². The SMILES string of the molecule is COCOc1cc(-c2cc(=O)n(C)cn2)ccc1-c1cnc(N(C)[C@H]2C[C@@H]3CC[C@H]([C@H]2F)N3C(=O)OC(C)(C)C)cn1. The lowest BCUT2D eigenvalue weighted by molar-refractivity contribution is -0.0104. The Morgan fingerprint density at radius 1 is 1.12 bits per heavy atom. The number of aryl methyl sites for hydroxylation is 1. The zero-order valence-electron chi connectivity index (χ0n) is 24.8. The third-order valence-corrected chi connectivity index (χ3v) is 7.76. The molecule has 0 unspecified atom stereocenters. The van der Waals surface area contributed by atoms with E-state index < -0.39 is 29.9 Å². The molecule has 2 aromatic heterocycles. The predicted octanol–water partition coefficient (Wildman–Crippen LogP) is 4.20. The van der Waals surface area contributed by atoms with Gasteiger partial charge < -0.3 is 23.7 Å². The molecule has 1 amide bonds. The average molecular weight is 581 g/mol. The second-order valence-electron chi connectivity index (χ2n) is 11.8. The van der Waals surface area contributed by atoms with Crippen LogP contribution in [0, 0.1) is 0 Å². The maximum atomic E-state index is 15.9. The van der Waals surface area contributed by atoms with E-state index in [0.717, 1.165) is 6.42 Å². The van der Waals surface area contributed by atoms with E-state index in [2.05, 4.69) is 15.0 Å². The fourth-order valence-corrected chi connectivity index (χ4v) is 5.66. The third-order valence-electron chi connectivity index (χ3n) is 7.76. The standard InChI is InChI=1S/C30H37FN6O5/c1-30(2,3)42-29(39)37-19-8-10-23(37)28(31)24(12-19)36(5)26-15-32-22(14-33-26)20-9-7-18(11-25(20)41-17-40-6)21-13-27(38)35(4)16-34-21/h7,9,11,13-16,19,23-24,28H,8,10,12,17H2,1-6H3/t19-,23+,24-,28+/m0/s1. The highest BCUT2D eigenvalue weighted by atomic mass is 19.1. The Morgan fingerprint density at radius 3 is 2.57 bits per heavy atom. The van der Waals surface area contributed by atoms with Crippen LogP contribution in [0.1, 0.15) is 40.0 Å². The highest BCUT2D eigenvalue weighted by molar-refractivity contribution is 5.73. The smallest absolute Gasteiger partial charge is 0.410 e. The molecule has 2 fully saturated rings. The van der Waals surface area contributed by atoms with Gasteiger partial charge in [-0.1, -0.05) is 6.07 Å². The Balaban J connectivity index is 1.35. The van der Waals surface area contributed by atoms with Crippen molar-refractivity contribution in [3.8, 4) is 28.3 Å². The molecule has 42 heavy (non-hydrogen) atoms. The number of carbonyl (C=O) groups is 1. The number of carbonyl (C=O) groups excluding carboxylic acids is 1. The lowest BCUT2D eigenvalue weighted by Crippen LogP contribution is -2.59. The molecule has 0 saturated carbocycles. The van der Waals surface area contributed by atoms with Gasteiger partial charge in [-0.15, -0.1) is 0 Å². The van der Waals surface area contributed by atoms with E-state index >= 15 is 4.39 Å². The maximum absolute atomic E-state index is 15.9. The van der Waals surface area contributed by atoms with Crippen molar-refractivity contribution in [1.82, 2.24) is 24.4 Å². The number of aromatic nitrogens is 4. The summed E-state index contributed by atoms with van der Waals surface area (Å²) >= 11 is 0. The molecule has 224 valence electrons. The van der Waals surface area contributed by atoms with Crippen LogP contribution in [0.4, 0.5) is 15.0 Å². The zero-order valence-corrected chi connectivity index (χ0v) is 24.8. The predicted molar refractivity (Wildman–Crippen MR) is 155 cm³/mol. The van der Waals surface area contributed by atoms with Gasteiger partial charge in [0.15, 0.2) is 6.79 Å². The van der Waals surface area contributed by atoms with Crippen molar-refractivity contribution in [3.05, 3.63) is 53.3 Å². The fourth-order valence-electron chi connectivity index (χ4n) is 5.66. The van der Waals surface area contributed by atoms with E-state index in [9.17, 15) is 9.59 Å². The summed E-state index contributed by atoms with van der Waals surface area (Å²) in [6.45, 7) is 5.45. The van der Waals surface area contributed by atoms with Crippen LogP contribution >= 0.6 is 0 Å². The normalized spacial score (nSPS) is 21.7. The number of methoxy groups -OCH3 is 1. The monoisotopic (exact) mass is 580 g/mol. The number of anilines is 1. The molecule has 5 rings (SSSR count). The van der Waals surface area contributed by atoms with Gasteiger partial charge in [0, 0.05) is 44.4 Å². The number of fused-ring (bicyclic) bond motifs is 2. The van der Waals surface area contributed by atoms with Crippen molar-refractivity contribution in [2.24, 2.45) is 7.05 Å². The topological polar surface area (TPSA) is 112 Å². The third kappa shape index (κ3) is 5.94. The summed E-state index contributed by atoms with van der Waals surface area (Å²) in [7, 11) is 4.97.